The van der Waals surface area contributed by atoms with Gasteiger partial charge in [-0.2, -0.15) is 5.10 Å². The molecule has 0 aromatic carbocycles. The van der Waals surface area contributed by atoms with E-state index in [4.69, 9.17) is 0 Å². The average molecular weight is 405 g/mol. The minimum Gasteiger partial charge on any atom is -0.353 e. The molecule has 0 spiro atoms. The number of guanidine groups is 1. The van der Waals surface area contributed by atoms with Crippen molar-refractivity contribution in [2.75, 3.05) is 7.05 Å². The van der Waals surface area contributed by atoms with Gasteiger partial charge in [0.05, 0.1) is 5.69 Å². The topological polar surface area (TPSA) is 54.2 Å². The van der Waals surface area contributed by atoms with E-state index < -0.39 is 0 Å². The molecule has 1 fully saturated rings. The fourth-order valence-corrected chi connectivity index (χ4v) is 2.66. The number of aromatic nitrogens is 2. The van der Waals surface area contributed by atoms with E-state index in [1.807, 2.05) is 18.8 Å². The van der Waals surface area contributed by atoms with Gasteiger partial charge in [0.25, 0.3) is 0 Å². The van der Waals surface area contributed by atoms with Crippen molar-refractivity contribution in [3.05, 3.63) is 17.0 Å². The molecule has 0 amide bonds. The van der Waals surface area contributed by atoms with Crippen LogP contribution < -0.4 is 10.6 Å². The standard InChI is InChI=1S/C15H27N5.HI/c1-6-12-11(14(7-2)20(5)19-12)9-17-15(16-4)18-13-8-10(13)3;/h10,13H,6-9H2,1-5H3,(H2,16,17,18);1H. The lowest BCUT2D eigenvalue weighted by atomic mass is 10.1. The zero-order valence-electron chi connectivity index (χ0n) is 13.7. The summed E-state index contributed by atoms with van der Waals surface area (Å²) in [5, 5.41) is 11.5. The molecule has 1 heterocycles. The molecule has 0 saturated heterocycles. The summed E-state index contributed by atoms with van der Waals surface area (Å²) in [5.41, 5.74) is 3.82. The van der Waals surface area contributed by atoms with Gasteiger partial charge in [0, 0.05) is 37.9 Å². The zero-order valence-corrected chi connectivity index (χ0v) is 16.1. The molecular weight excluding hydrogens is 377 g/mol. The molecule has 0 aliphatic heterocycles. The quantitative estimate of drug-likeness (QED) is 0.449. The Kier molecular flexibility index (Phi) is 6.96. The van der Waals surface area contributed by atoms with E-state index in [9.17, 15) is 0 Å². The summed E-state index contributed by atoms with van der Waals surface area (Å²) in [6.45, 7) is 7.39. The highest BCUT2D eigenvalue weighted by molar-refractivity contribution is 14.0. The molecular formula is C15H28IN5. The third-order valence-corrected chi connectivity index (χ3v) is 4.12. The van der Waals surface area contributed by atoms with Crippen LogP contribution in [0.1, 0.15) is 44.1 Å². The summed E-state index contributed by atoms with van der Waals surface area (Å²) in [5.74, 6) is 1.66. The van der Waals surface area contributed by atoms with Crippen LogP contribution in [-0.4, -0.2) is 28.8 Å². The smallest absolute Gasteiger partial charge is 0.191 e. The molecule has 5 nitrogen and oxygen atoms in total. The molecule has 2 N–H and O–H groups in total. The van der Waals surface area contributed by atoms with Crippen molar-refractivity contribution in [3.63, 3.8) is 0 Å². The molecule has 21 heavy (non-hydrogen) atoms. The second-order valence-electron chi connectivity index (χ2n) is 5.59. The van der Waals surface area contributed by atoms with Crippen molar-refractivity contribution in [1.82, 2.24) is 20.4 Å². The predicted octanol–water partition coefficient (Wildman–Crippen LogP) is 2.24. The Morgan fingerprint density at radius 1 is 1.38 bits per heavy atom. The van der Waals surface area contributed by atoms with Crippen molar-refractivity contribution < 1.29 is 0 Å². The SMILES string of the molecule is CCc1nn(C)c(CC)c1CNC(=NC)NC1CC1C.I. The van der Waals surface area contributed by atoms with Gasteiger partial charge in [-0.25, -0.2) is 0 Å². The van der Waals surface area contributed by atoms with Crippen LogP contribution in [0.15, 0.2) is 4.99 Å². The van der Waals surface area contributed by atoms with Gasteiger partial charge in [0.15, 0.2) is 5.96 Å². The Hall–Kier alpha value is -0.790. The molecule has 1 saturated carbocycles. The van der Waals surface area contributed by atoms with E-state index >= 15 is 0 Å². The summed E-state index contributed by atoms with van der Waals surface area (Å²) in [6.07, 6.45) is 3.22. The minimum atomic E-state index is 0. The number of aryl methyl sites for hydroxylation is 2. The third kappa shape index (κ3) is 4.34. The molecule has 2 unspecified atom stereocenters. The first-order valence-corrected chi connectivity index (χ1v) is 7.61. The van der Waals surface area contributed by atoms with Gasteiger partial charge < -0.3 is 10.6 Å². The third-order valence-electron chi connectivity index (χ3n) is 4.12. The Balaban J connectivity index is 0.00000220. The summed E-state index contributed by atoms with van der Waals surface area (Å²) < 4.78 is 2.01. The number of halogens is 1. The maximum absolute atomic E-state index is 4.61. The van der Waals surface area contributed by atoms with Gasteiger partial charge in [-0.3, -0.25) is 9.67 Å². The maximum atomic E-state index is 4.61. The Morgan fingerprint density at radius 2 is 2.05 bits per heavy atom. The summed E-state index contributed by atoms with van der Waals surface area (Å²) >= 11 is 0. The van der Waals surface area contributed by atoms with E-state index in [0.717, 1.165) is 31.3 Å². The first-order valence-electron chi connectivity index (χ1n) is 7.61. The van der Waals surface area contributed by atoms with E-state index in [1.54, 1.807) is 0 Å². The number of nitrogens with zero attached hydrogens (tertiary/aromatic N) is 3. The highest BCUT2D eigenvalue weighted by atomic mass is 127. The minimum absolute atomic E-state index is 0. The van der Waals surface area contributed by atoms with Gasteiger partial charge in [-0.05, 0) is 25.2 Å². The first-order chi connectivity index (χ1) is 9.60. The second-order valence-corrected chi connectivity index (χ2v) is 5.59. The molecule has 1 aliphatic rings. The predicted molar refractivity (Wildman–Crippen MR) is 98.3 cm³/mol. The fraction of sp³-hybridized carbons (Fsp3) is 0.733. The van der Waals surface area contributed by atoms with Gasteiger partial charge in [-0.1, -0.05) is 20.8 Å². The van der Waals surface area contributed by atoms with Crippen LogP contribution in [0.5, 0.6) is 0 Å². The molecule has 1 aromatic rings. The average Bonchev–Trinajstić information content (AvgIpc) is 3.04. The van der Waals surface area contributed by atoms with Crippen molar-refractivity contribution in [2.24, 2.45) is 18.0 Å². The maximum Gasteiger partial charge on any atom is 0.191 e. The lowest BCUT2D eigenvalue weighted by molar-refractivity contribution is 0.702. The van der Waals surface area contributed by atoms with Crippen LogP contribution >= 0.6 is 24.0 Å². The van der Waals surface area contributed by atoms with E-state index in [2.05, 4.69) is 41.5 Å². The number of aliphatic imine (C=N–C) groups is 1. The largest absolute Gasteiger partial charge is 0.353 e. The molecule has 0 radical (unpaired) electrons. The van der Waals surface area contributed by atoms with Crippen molar-refractivity contribution in [3.8, 4) is 0 Å². The fourth-order valence-electron chi connectivity index (χ4n) is 2.66. The second kappa shape index (κ2) is 8.00. The van der Waals surface area contributed by atoms with Gasteiger partial charge in [0.2, 0.25) is 0 Å². The van der Waals surface area contributed by atoms with Crippen LogP contribution in [0.2, 0.25) is 0 Å². The molecule has 120 valence electrons. The van der Waals surface area contributed by atoms with Crippen LogP contribution in [0.4, 0.5) is 0 Å². The summed E-state index contributed by atoms with van der Waals surface area (Å²) in [4.78, 5) is 4.30. The number of rotatable bonds is 5. The number of hydrogen-bond donors (Lipinski definition) is 2. The normalized spacial score (nSPS) is 20.9. The molecule has 0 bridgehead atoms. The van der Waals surface area contributed by atoms with E-state index in [0.29, 0.717) is 6.04 Å². The van der Waals surface area contributed by atoms with Crippen LogP contribution in [-0.2, 0) is 26.4 Å². The lowest BCUT2D eigenvalue weighted by Gasteiger charge is -2.12. The highest BCUT2D eigenvalue weighted by Crippen LogP contribution is 2.28. The number of hydrogen-bond acceptors (Lipinski definition) is 2. The van der Waals surface area contributed by atoms with E-state index in [-0.39, 0.29) is 24.0 Å². The molecule has 2 rings (SSSR count). The van der Waals surface area contributed by atoms with Crippen LogP contribution in [0.3, 0.4) is 0 Å². The van der Waals surface area contributed by atoms with Crippen molar-refractivity contribution >= 4 is 29.9 Å². The number of nitrogens with one attached hydrogen (secondary N) is 2. The van der Waals surface area contributed by atoms with Gasteiger partial charge >= 0.3 is 0 Å². The first kappa shape index (κ1) is 18.3. The monoisotopic (exact) mass is 405 g/mol. The summed E-state index contributed by atoms with van der Waals surface area (Å²) in [6, 6.07) is 0.589. The van der Waals surface area contributed by atoms with Crippen LogP contribution in [0, 0.1) is 5.92 Å². The van der Waals surface area contributed by atoms with Gasteiger partial charge in [0.1, 0.15) is 0 Å². The zero-order chi connectivity index (χ0) is 14.7. The van der Waals surface area contributed by atoms with E-state index in [1.165, 1.54) is 23.4 Å². The highest BCUT2D eigenvalue weighted by Gasteiger charge is 2.33. The van der Waals surface area contributed by atoms with Crippen molar-refractivity contribution in [1.29, 1.82) is 0 Å². The van der Waals surface area contributed by atoms with Crippen molar-refractivity contribution in [2.45, 2.75) is 52.6 Å². The molecule has 1 aliphatic carbocycles. The molecule has 2 atom stereocenters. The Morgan fingerprint density at radius 3 is 2.52 bits per heavy atom. The van der Waals surface area contributed by atoms with Crippen LogP contribution in [0.25, 0.3) is 0 Å². The molecule has 6 heteroatoms. The Labute approximate surface area is 145 Å². The van der Waals surface area contributed by atoms with Gasteiger partial charge in [-0.15, -0.1) is 24.0 Å². The molecule has 1 aromatic heterocycles. The Bertz CT molecular complexity index is 494. The lowest BCUT2D eigenvalue weighted by Crippen LogP contribution is -2.38. The summed E-state index contributed by atoms with van der Waals surface area (Å²) in [7, 11) is 3.85.